The van der Waals surface area contributed by atoms with Crippen LogP contribution in [0.1, 0.15) is 0 Å². The van der Waals surface area contributed by atoms with E-state index in [0.29, 0.717) is 10.5 Å². The van der Waals surface area contributed by atoms with E-state index in [1.54, 1.807) is 12.1 Å². The Morgan fingerprint density at radius 2 is 2.00 bits per heavy atom. The van der Waals surface area contributed by atoms with Crippen LogP contribution in [0.3, 0.4) is 0 Å². The first-order valence-corrected chi connectivity index (χ1v) is 3.93. The van der Waals surface area contributed by atoms with E-state index in [1.165, 1.54) is 6.07 Å². The molecule has 0 atom stereocenters. The maximum Gasteiger partial charge on any atom is 0.248 e. The number of H-pyrrole nitrogens is 1. The first kappa shape index (κ1) is 7.37. The molecule has 1 aromatic heterocycles. The Labute approximate surface area is 73.8 Å². The van der Waals surface area contributed by atoms with Crippen molar-refractivity contribution in [1.82, 2.24) is 4.98 Å². The summed E-state index contributed by atoms with van der Waals surface area (Å²) in [6, 6.07) is 8.73. The number of hydrogen-bond acceptors (Lipinski definition) is 1. The van der Waals surface area contributed by atoms with Gasteiger partial charge in [-0.1, -0.05) is 23.7 Å². The number of benzene rings is 1. The van der Waals surface area contributed by atoms with Crippen LogP contribution >= 0.6 is 11.6 Å². The molecule has 12 heavy (non-hydrogen) atoms. The van der Waals surface area contributed by atoms with Gasteiger partial charge >= 0.3 is 0 Å². The van der Waals surface area contributed by atoms with Crippen molar-refractivity contribution in [2.24, 2.45) is 0 Å². The molecule has 0 amide bonds. The molecule has 2 rings (SSSR count). The van der Waals surface area contributed by atoms with Gasteiger partial charge in [-0.15, -0.1) is 0 Å². The zero-order valence-electron chi connectivity index (χ0n) is 6.17. The highest BCUT2D eigenvalue weighted by Gasteiger charge is 1.97. The van der Waals surface area contributed by atoms with Crippen LogP contribution < -0.4 is 5.56 Å². The summed E-state index contributed by atoms with van der Waals surface area (Å²) in [6.45, 7) is 0. The number of halogens is 1. The maximum absolute atomic E-state index is 10.9. The highest BCUT2D eigenvalue weighted by atomic mass is 35.5. The average molecular weight is 180 g/mol. The van der Waals surface area contributed by atoms with Crippen LogP contribution in [0, 0.1) is 0 Å². The minimum absolute atomic E-state index is 0.129. The lowest BCUT2D eigenvalue weighted by molar-refractivity contribution is 1.31. The monoisotopic (exact) mass is 179 g/mol. The summed E-state index contributed by atoms with van der Waals surface area (Å²) in [5.74, 6) is 0. The number of aromatic amines is 1. The minimum atomic E-state index is -0.129. The Morgan fingerprint density at radius 3 is 2.83 bits per heavy atom. The molecule has 0 aliphatic heterocycles. The first-order valence-electron chi connectivity index (χ1n) is 3.55. The Bertz CT molecular complexity index is 475. The summed E-state index contributed by atoms with van der Waals surface area (Å²) < 4.78 is 0. The number of aromatic nitrogens is 1. The normalized spacial score (nSPS) is 10.4. The molecule has 0 aliphatic carbocycles. The van der Waals surface area contributed by atoms with Crippen LogP contribution in [-0.4, -0.2) is 4.98 Å². The summed E-state index contributed by atoms with van der Waals surface area (Å²) in [5.41, 5.74) is 0.572. The lowest BCUT2D eigenvalue weighted by Gasteiger charge is -1.97. The van der Waals surface area contributed by atoms with Gasteiger partial charge in [0.25, 0.3) is 0 Å². The largest absolute Gasteiger partial charge is 0.321 e. The van der Waals surface area contributed by atoms with E-state index in [0.717, 1.165) is 5.39 Å². The van der Waals surface area contributed by atoms with E-state index in [4.69, 9.17) is 11.6 Å². The van der Waals surface area contributed by atoms with Crippen molar-refractivity contribution in [2.45, 2.75) is 0 Å². The highest BCUT2D eigenvalue weighted by Crippen LogP contribution is 2.18. The Hall–Kier alpha value is -1.28. The van der Waals surface area contributed by atoms with E-state index >= 15 is 0 Å². The second kappa shape index (κ2) is 2.64. The highest BCUT2D eigenvalue weighted by molar-refractivity contribution is 6.34. The molecule has 2 aromatic rings. The van der Waals surface area contributed by atoms with E-state index in [-0.39, 0.29) is 5.56 Å². The standard InChI is InChI=1S/C9H6ClNO/c10-7-3-1-2-6-4-5-8(12)11-9(6)7/h1-5H,(H,11,12). The van der Waals surface area contributed by atoms with Gasteiger partial charge in [0.05, 0.1) is 10.5 Å². The maximum atomic E-state index is 10.9. The van der Waals surface area contributed by atoms with Crippen molar-refractivity contribution in [3.63, 3.8) is 0 Å². The van der Waals surface area contributed by atoms with Gasteiger partial charge in [0.1, 0.15) is 0 Å². The van der Waals surface area contributed by atoms with Gasteiger partial charge in [0, 0.05) is 6.07 Å². The molecule has 3 heteroatoms. The lowest BCUT2D eigenvalue weighted by atomic mass is 10.2. The lowest BCUT2D eigenvalue weighted by Crippen LogP contribution is -2.02. The molecule has 0 saturated heterocycles. The molecule has 0 bridgehead atoms. The van der Waals surface area contributed by atoms with Crippen molar-refractivity contribution in [3.05, 3.63) is 45.7 Å². The summed E-state index contributed by atoms with van der Waals surface area (Å²) >= 11 is 5.86. The second-order valence-corrected chi connectivity index (χ2v) is 2.93. The summed E-state index contributed by atoms with van der Waals surface area (Å²) in [4.78, 5) is 13.6. The van der Waals surface area contributed by atoms with Crippen LogP contribution in [-0.2, 0) is 0 Å². The van der Waals surface area contributed by atoms with Crippen LogP contribution in [0.2, 0.25) is 5.02 Å². The molecule has 1 aromatic carbocycles. The zero-order chi connectivity index (χ0) is 8.55. The number of hydrogen-bond donors (Lipinski definition) is 1. The molecule has 0 saturated carbocycles. The number of fused-ring (bicyclic) bond motifs is 1. The first-order chi connectivity index (χ1) is 5.77. The number of nitrogens with one attached hydrogen (secondary N) is 1. The van der Waals surface area contributed by atoms with Gasteiger partial charge in [-0.2, -0.15) is 0 Å². The Balaban J connectivity index is 2.97. The van der Waals surface area contributed by atoms with Gasteiger partial charge < -0.3 is 4.98 Å². The number of rotatable bonds is 0. The zero-order valence-corrected chi connectivity index (χ0v) is 6.93. The van der Waals surface area contributed by atoms with Crippen molar-refractivity contribution in [2.75, 3.05) is 0 Å². The average Bonchev–Trinajstić information content (AvgIpc) is 2.07. The molecule has 0 fully saturated rings. The van der Waals surface area contributed by atoms with Crippen LogP contribution in [0.25, 0.3) is 10.9 Å². The molecule has 0 radical (unpaired) electrons. The fraction of sp³-hybridized carbons (Fsp3) is 0. The fourth-order valence-corrected chi connectivity index (χ4v) is 1.37. The minimum Gasteiger partial charge on any atom is -0.321 e. The van der Waals surface area contributed by atoms with Gasteiger partial charge in [0.15, 0.2) is 0 Å². The van der Waals surface area contributed by atoms with Crippen LogP contribution in [0.15, 0.2) is 35.1 Å². The number of para-hydroxylation sites is 1. The third-order valence-electron chi connectivity index (χ3n) is 1.71. The van der Waals surface area contributed by atoms with Crippen LogP contribution in [0.4, 0.5) is 0 Å². The summed E-state index contributed by atoms with van der Waals surface area (Å²) in [6.07, 6.45) is 0. The van der Waals surface area contributed by atoms with E-state index in [9.17, 15) is 4.79 Å². The molecular formula is C9H6ClNO. The topological polar surface area (TPSA) is 32.9 Å². The molecule has 2 nitrogen and oxygen atoms in total. The SMILES string of the molecule is O=c1ccc2cccc(Cl)c2[nH]1. The molecular weight excluding hydrogens is 174 g/mol. The van der Waals surface area contributed by atoms with E-state index in [1.807, 2.05) is 12.1 Å². The van der Waals surface area contributed by atoms with E-state index < -0.39 is 0 Å². The smallest absolute Gasteiger partial charge is 0.248 e. The van der Waals surface area contributed by atoms with Crippen LogP contribution in [0.5, 0.6) is 0 Å². The third kappa shape index (κ3) is 1.10. The fourth-order valence-electron chi connectivity index (χ4n) is 1.14. The molecule has 1 N–H and O–H groups in total. The Kier molecular flexibility index (Phi) is 1.62. The molecule has 0 unspecified atom stereocenters. The predicted octanol–water partition coefficient (Wildman–Crippen LogP) is 2.18. The number of pyridine rings is 1. The third-order valence-corrected chi connectivity index (χ3v) is 2.02. The van der Waals surface area contributed by atoms with Gasteiger partial charge in [-0.3, -0.25) is 4.79 Å². The Morgan fingerprint density at radius 1 is 1.17 bits per heavy atom. The van der Waals surface area contributed by atoms with Gasteiger partial charge in [-0.05, 0) is 17.5 Å². The quantitative estimate of drug-likeness (QED) is 0.661. The molecule has 0 spiro atoms. The van der Waals surface area contributed by atoms with Crippen molar-refractivity contribution >= 4 is 22.5 Å². The van der Waals surface area contributed by atoms with Gasteiger partial charge in [0.2, 0.25) is 5.56 Å². The molecule has 0 aliphatic rings. The summed E-state index contributed by atoms with van der Waals surface area (Å²) in [5, 5.41) is 1.52. The summed E-state index contributed by atoms with van der Waals surface area (Å²) in [7, 11) is 0. The molecule has 60 valence electrons. The molecule has 1 heterocycles. The van der Waals surface area contributed by atoms with Crippen molar-refractivity contribution < 1.29 is 0 Å². The second-order valence-electron chi connectivity index (χ2n) is 2.53. The predicted molar refractivity (Wildman–Crippen MR) is 49.6 cm³/mol. The van der Waals surface area contributed by atoms with Crippen molar-refractivity contribution in [1.29, 1.82) is 0 Å². The van der Waals surface area contributed by atoms with Gasteiger partial charge in [-0.25, -0.2) is 0 Å². The van der Waals surface area contributed by atoms with Crippen molar-refractivity contribution in [3.8, 4) is 0 Å². The van der Waals surface area contributed by atoms with E-state index in [2.05, 4.69) is 4.98 Å².